The van der Waals surface area contributed by atoms with Crippen molar-refractivity contribution in [2.45, 2.75) is 12.2 Å². The van der Waals surface area contributed by atoms with Crippen LogP contribution in [0.4, 0.5) is 18.9 Å². The van der Waals surface area contributed by atoms with Crippen molar-refractivity contribution >= 4 is 27.5 Å². The zero-order valence-electron chi connectivity index (χ0n) is 8.44. The summed E-state index contributed by atoms with van der Waals surface area (Å²) in [5, 5.41) is 4.72. The summed E-state index contributed by atoms with van der Waals surface area (Å²) in [6.07, 6.45) is -4.33. The lowest BCUT2D eigenvalue weighted by Gasteiger charge is -2.13. The van der Waals surface area contributed by atoms with Gasteiger partial charge in [-0.3, -0.25) is 10.1 Å². The maximum Gasteiger partial charge on any atom is 0.401 e. The number of benzene rings is 1. The van der Waals surface area contributed by atoms with Crippen molar-refractivity contribution in [3.05, 3.63) is 28.2 Å². The predicted molar refractivity (Wildman–Crippen MR) is 59.6 cm³/mol. The molecule has 0 aliphatic carbocycles. The minimum absolute atomic E-state index is 0.470. The summed E-state index contributed by atoms with van der Waals surface area (Å²) in [5.41, 5.74) is 1.06. The molecule has 1 atom stereocenters. The van der Waals surface area contributed by atoms with Crippen LogP contribution >= 0.6 is 15.9 Å². The van der Waals surface area contributed by atoms with E-state index >= 15 is 0 Å². The summed E-state index contributed by atoms with van der Waals surface area (Å²) < 4.78 is 37.0. The van der Waals surface area contributed by atoms with Gasteiger partial charge in [-0.15, -0.1) is 0 Å². The molecule has 1 aliphatic rings. The highest BCUT2D eigenvalue weighted by molar-refractivity contribution is 9.10. The third-order valence-corrected chi connectivity index (χ3v) is 2.85. The molecule has 3 nitrogen and oxygen atoms in total. The molecule has 1 aromatic carbocycles. The summed E-state index contributed by atoms with van der Waals surface area (Å²) in [5.74, 6) is -0.470. The number of anilines is 1. The minimum atomic E-state index is -4.33. The first-order valence-electron chi connectivity index (χ1n) is 4.77. The van der Waals surface area contributed by atoms with Gasteiger partial charge in [0.2, 0.25) is 5.91 Å². The Hall–Kier alpha value is -1.08. The molecule has 0 fully saturated rings. The summed E-state index contributed by atoms with van der Waals surface area (Å²) >= 11 is 3.22. The average molecular weight is 309 g/mol. The molecule has 1 unspecified atom stereocenters. The molecule has 0 spiro atoms. The molecule has 0 aromatic heterocycles. The van der Waals surface area contributed by atoms with Crippen LogP contribution in [-0.4, -0.2) is 18.6 Å². The van der Waals surface area contributed by atoms with Crippen molar-refractivity contribution < 1.29 is 18.0 Å². The SMILES string of the molecule is O=C1Nc2cc(Br)ccc2C1NCC(F)(F)F. The topological polar surface area (TPSA) is 41.1 Å². The van der Waals surface area contributed by atoms with Gasteiger partial charge in [0.05, 0.1) is 6.54 Å². The Morgan fingerprint density at radius 1 is 1.41 bits per heavy atom. The lowest BCUT2D eigenvalue weighted by Crippen LogP contribution is -2.35. The molecule has 0 saturated heterocycles. The Kier molecular flexibility index (Phi) is 3.13. The Morgan fingerprint density at radius 3 is 2.76 bits per heavy atom. The molecule has 92 valence electrons. The molecule has 2 N–H and O–H groups in total. The second-order valence-electron chi connectivity index (χ2n) is 3.65. The van der Waals surface area contributed by atoms with Crippen LogP contribution in [0.3, 0.4) is 0 Å². The van der Waals surface area contributed by atoms with E-state index in [0.29, 0.717) is 11.3 Å². The van der Waals surface area contributed by atoms with Crippen LogP contribution in [0, 0.1) is 0 Å². The van der Waals surface area contributed by atoms with Crippen molar-refractivity contribution in [1.82, 2.24) is 5.32 Å². The second kappa shape index (κ2) is 4.30. The third kappa shape index (κ3) is 2.78. The zero-order chi connectivity index (χ0) is 12.6. The smallest absolute Gasteiger partial charge is 0.324 e. The van der Waals surface area contributed by atoms with E-state index in [-0.39, 0.29) is 0 Å². The van der Waals surface area contributed by atoms with Crippen LogP contribution in [0.15, 0.2) is 22.7 Å². The molecule has 17 heavy (non-hydrogen) atoms. The van der Waals surface area contributed by atoms with E-state index in [2.05, 4.69) is 26.6 Å². The van der Waals surface area contributed by atoms with Crippen LogP contribution in [0.1, 0.15) is 11.6 Å². The molecule has 7 heteroatoms. The Balaban J connectivity index is 2.18. The summed E-state index contributed by atoms with van der Waals surface area (Å²) in [4.78, 5) is 11.5. The van der Waals surface area contributed by atoms with E-state index in [1.807, 2.05) is 0 Å². The van der Waals surface area contributed by atoms with Crippen molar-refractivity contribution in [3.63, 3.8) is 0 Å². The van der Waals surface area contributed by atoms with Crippen LogP contribution in [0.5, 0.6) is 0 Å². The number of carbonyl (C=O) groups excluding carboxylic acids is 1. The van der Waals surface area contributed by atoms with Gasteiger partial charge < -0.3 is 5.32 Å². The fourth-order valence-electron chi connectivity index (χ4n) is 1.66. The number of amides is 1. The van der Waals surface area contributed by atoms with Gasteiger partial charge in [0.15, 0.2) is 0 Å². The molecule has 1 aromatic rings. The highest BCUT2D eigenvalue weighted by atomic mass is 79.9. The van der Waals surface area contributed by atoms with Crippen molar-refractivity contribution in [1.29, 1.82) is 0 Å². The molecule has 0 saturated carbocycles. The monoisotopic (exact) mass is 308 g/mol. The van der Waals surface area contributed by atoms with E-state index in [4.69, 9.17) is 0 Å². The number of fused-ring (bicyclic) bond motifs is 1. The van der Waals surface area contributed by atoms with Gasteiger partial charge in [-0.25, -0.2) is 0 Å². The molecule has 1 aliphatic heterocycles. The van der Waals surface area contributed by atoms with Gasteiger partial charge in [-0.05, 0) is 12.1 Å². The molecule has 0 radical (unpaired) electrons. The predicted octanol–water partition coefficient (Wildman–Crippen LogP) is 2.59. The van der Waals surface area contributed by atoms with Crippen molar-refractivity contribution in [2.75, 3.05) is 11.9 Å². The Bertz CT molecular complexity index is 461. The first kappa shape index (κ1) is 12.4. The van der Waals surface area contributed by atoms with Gasteiger partial charge in [0, 0.05) is 15.7 Å². The molecular formula is C10H8BrF3N2O. The lowest BCUT2D eigenvalue weighted by atomic mass is 10.1. The van der Waals surface area contributed by atoms with Gasteiger partial charge in [0.1, 0.15) is 6.04 Å². The molecule has 1 heterocycles. The molecule has 2 rings (SSSR count). The van der Waals surface area contributed by atoms with Crippen LogP contribution < -0.4 is 10.6 Å². The standard InChI is InChI=1S/C10H8BrF3N2O/c11-5-1-2-6-7(3-5)16-9(17)8(6)15-4-10(12,13)14/h1-3,8,15H,4H2,(H,16,17). The van der Waals surface area contributed by atoms with E-state index in [1.54, 1.807) is 18.2 Å². The van der Waals surface area contributed by atoms with Gasteiger partial charge in [-0.2, -0.15) is 13.2 Å². The van der Waals surface area contributed by atoms with Crippen LogP contribution in [0.2, 0.25) is 0 Å². The van der Waals surface area contributed by atoms with Crippen molar-refractivity contribution in [3.8, 4) is 0 Å². The molecule has 0 bridgehead atoms. The largest absolute Gasteiger partial charge is 0.401 e. The Morgan fingerprint density at radius 2 is 2.12 bits per heavy atom. The summed E-state index contributed by atoms with van der Waals surface area (Å²) in [7, 11) is 0. The maximum atomic E-state index is 12.1. The van der Waals surface area contributed by atoms with Crippen LogP contribution in [0.25, 0.3) is 0 Å². The number of nitrogens with one attached hydrogen (secondary N) is 2. The van der Waals surface area contributed by atoms with E-state index in [0.717, 1.165) is 4.47 Å². The highest BCUT2D eigenvalue weighted by Crippen LogP contribution is 2.33. The number of rotatable bonds is 2. The first-order chi connectivity index (χ1) is 7.87. The van der Waals surface area contributed by atoms with E-state index in [9.17, 15) is 18.0 Å². The number of hydrogen-bond acceptors (Lipinski definition) is 2. The third-order valence-electron chi connectivity index (χ3n) is 2.35. The number of alkyl halides is 3. The summed E-state index contributed by atoms with van der Waals surface area (Å²) in [6, 6.07) is 4.01. The lowest BCUT2D eigenvalue weighted by molar-refractivity contribution is -0.129. The average Bonchev–Trinajstić information content (AvgIpc) is 2.48. The second-order valence-corrected chi connectivity index (χ2v) is 4.57. The van der Waals surface area contributed by atoms with Crippen LogP contribution in [-0.2, 0) is 4.79 Å². The highest BCUT2D eigenvalue weighted by Gasteiger charge is 2.34. The zero-order valence-corrected chi connectivity index (χ0v) is 10.0. The Labute approximate surface area is 104 Å². The first-order valence-corrected chi connectivity index (χ1v) is 5.56. The minimum Gasteiger partial charge on any atom is -0.324 e. The van der Waals surface area contributed by atoms with Gasteiger partial charge in [-0.1, -0.05) is 22.0 Å². The molecular weight excluding hydrogens is 301 g/mol. The van der Waals surface area contributed by atoms with Gasteiger partial charge in [0.25, 0.3) is 0 Å². The van der Waals surface area contributed by atoms with Gasteiger partial charge >= 0.3 is 6.18 Å². The number of carbonyl (C=O) groups is 1. The number of hydrogen-bond donors (Lipinski definition) is 2. The van der Waals surface area contributed by atoms with E-state index < -0.39 is 24.7 Å². The fraction of sp³-hybridized carbons (Fsp3) is 0.300. The normalized spacial score (nSPS) is 19.1. The van der Waals surface area contributed by atoms with Crippen molar-refractivity contribution in [2.24, 2.45) is 0 Å². The molecule has 1 amide bonds. The van der Waals surface area contributed by atoms with E-state index in [1.165, 1.54) is 0 Å². The summed E-state index contributed by atoms with van der Waals surface area (Å²) in [6.45, 7) is -1.19. The quantitative estimate of drug-likeness (QED) is 0.882. The maximum absolute atomic E-state index is 12.1. The fourth-order valence-corrected chi connectivity index (χ4v) is 2.02. The number of halogens is 4.